The van der Waals surface area contributed by atoms with Crippen molar-refractivity contribution in [3.63, 3.8) is 0 Å². The van der Waals surface area contributed by atoms with E-state index in [1.807, 2.05) is 0 Å². The van der Waals surface area contributed by atoms with Crippen LogP contribution in [-0.2, 0) is 4.79 Å². The molecule has 0 saturated carbocycles. The number of anilines is 1. The van der Waals surface area contributed by atoms with Gasteiger partial charge in [0.05, 0.1) is 5.75 Å². The number of benzene rings is 2. The van der Waals surface area contributed by atoms with Gasteiger partial charge < -0.3 is 5.73 Å². The van der Waals surface area contributed by atoms with Crippen LogP contribution in [0.15, 0.2) is 53.4 Å². The van der Waals surface area contributed by atoms with E-state index in [9.17, 15) is 9.59 Å². The van der Waals surface area contributed by atoms with Gasteiger partial charge in [-0.2, -0.15) is 0 Å². The second kappa shape index (κ2) is 7.15. The largest absolute Gasteiger partial charge is 0.398 e. The standard InChI is InChI=1S/C15H13ClN2O2S/c16-11-6-7-12(17)13(8-11)21-9-14(19)18-15(20)10-4-2-1-3-5-10/h1-8H,9,17H2,(H,18,19,20). The van der Waals surface area contributed by atoms with Crippen LogP contribution in [0.4, 0.5) is 5.69 Å². The molecule has 3 N–H and O–H groups in total. The first-order chi connectivity index (χ1) is 10.1. The maximum Gasteiger partial charge on any atom is 0.257 e. The zero-order chi connectivity index (χ0) is 15.2. The highest BCUT2D eigenvalue weighted by atomic mass is 35.5. The fourth-order valence-electron chi connectivity index (χ4n) is 1.60. The summed E-state index contributed by atoms with van der Waals surface area (Å²) in [5, 5.41) is 2.88. The van der Waals surface area contributed by atoms with Gasteiger partial charge in [0.2, 0.25) is 5.91 Å². The van der Waals surface area contributed by atoms with Crippen LogP contribution in [0.5, 0.6) is 0 Å². The minimum atomic E-state index is -0.416. The number of amides is 2. The lowest BCUT2D eigenvalue weighted by Gasteiger charge is -2.06. The molecule has 0 aromatic heterocycles. The Morgan fingerprint density at radius 1 is 1.14 bits per heavy atom. The van der Waals surface area contributed by atoms with Gasteiger partial charge in [0.25, 0.3) is 5.91 Å². The van der Waals surface area contributed by atoms with Crippen molar-refractivity contribution in [1.29, 1.82) is 0 Å². The molecular formula is C15H13ClN2O2S. The van der Waals surface area contributed by atoms with Crippen LogP contribution >= 0.6 is 23.4 Å². The molecule has 0 radical (unpaired) electrons. The third kappa shape index (κ3) is 4.51. The summed E-state index contributed by atoms with van der Waals surface area (Å²) in [6.45, 7) is 0. The maximum atomic E-state index is 11.8. The molecule has 0 heterocycles. The molecule has 108 valence electrons. The fourth-order valence-corrected chi connectivity index (χ4v) is 2.64. The predicted octanol–water partition coefficient (Wildman–Crippen LogP) is 2.97. The highest BCUT2D eigenvalue weighted by Crippen LogP contribution is 2.27. The van der Waals surface area contributed by atoms with Gasteiger partial charge in [-0.15, -0.1) is 11.8 Å². The normalized spacial score (nSPS) is 10.1. The minimum Gasteiger partial charge on any atom is -0.398 e. The second-order valence-corrected chi connectivity index (χ2v) is 5.67. The summed E-state index contributed by atoms with van der Waals surface area (Å²) in [6, 6.07) is 13.6. The van der Waals surface area contributed by atoms with Crippen molar-refractivity contribution in [2.75, 3.05) is 11.5 Å². The number of hydrogen-bond donors (Lipinski definition) is 2. The first-order valence-electron chi connectivity index (χ1n) is 6.13. The number of hydrogen-bond acceptors (Lipinski definition) is 4. The Balaban J connectivity index is 1.91. The van der Waals surface area contributed by atoms with E-state index in [4.69, 9.17) is 17.3 Å². The van der Waals surface area contributed by atoms with E-state index >= 15 is 0 Å². The summed E-state index contributed by atoms with van der Waals surface area (Å²) in [4.78, 5) is 24.3. The molecule has 0 aliphatic heterocycles. The minimum absolute atomic E-state index is 0.0864. The van der Waals surface area contributed by atoms with E-state index in [0.29, 0.717) is 21.2 Å². The molecule has 21 heavy (non-hydrogen) atoms. The zero-order valence-corrected chi connectivity index (χ0v) is 12.6. The highest BCUT2D eigenvalue weighted by molar-refractivity contribution is 8.00. The first kappa shape index (κ1) is 15.4. The van der Waals surface area contributed by atoms with E-state index < -0.39 is 5.91 Å². The van der Waals surface area contributed by atoms with Crippen LogP contribution in [0.1, 0.15) is 10.4 Å². The van der Waals surface area contributed by atoms with Crippen LogP contribution in [0.25, 0.3) is 0 Å². The van der Waals surface area contributed by atoms with Crippen molar-refractivity contribution in [3.8, 4) is 0 Å². The van der Waals surface area contributed by atoms with Gasteiger partial charge in [-0.3, -0.25) is 14.9 Å². The predicted molar refractivity (Wildman–Crippen MR) is 85.5 cm³/mol. The number of nitrogen functional groups attached to an aromatic ring is 1. The molecule has 0 fully saturated rings. The molecule has 0 aliphatic rings. The van der Waals surface area contributed by atoms with Crippen LogP contribution in [-0.4, -0.2) is 17.6 Å². The van der Waals surface area contributed by atoms with Gasteiger partial charge >= 0.3 is 0 Å². The Labute approximate surface area is 131 Å². The lowest BCUT2D eigenvalue weighted by Crippen LogP contribution is -2.31. The number of nitrogens with one attached hydrogen (secondary N) is 1. The Bertz CT molecular complexity index is 662. The summed E-state index contributed by atoms with van der Waals surface area (Å²) in [5.74, 6) is -0.711. The molecule has 2 aromatic rings. The number of carbonyl (C=O) groups excluding carboxylic acids is 2. The lowest BCUT2D eigenvalue weighted by molar-refractivity contribution is -0.117. The molecule has 6 heteroatoms. The third-order valence-electron chi connectivity index (χ3n) is 2.62. The van der Waals surface area contributed by atoms with Crippen molar-refractivity contribution < 1.29 is 9.59 Å². The summed E-state index contributed by atoms with van der Waals surface area (Å²) in [5.41, 5.74) is 6.78. The Morgan fingerprint density at radius 2 is 1.86 bits per heavy atom. The van der Waals surface area contributed by atoms with Crippen molar-refractivity contribution in [2.45, 2.75) is 4.90 Å². The number of halogens is 1. The summed E-state index contributed by atoms with van der Waals surface area (Å²) in [6.07, 6.45) is 0. The van der Waals surface area contributed by atoms with E-state index in [1.165, 1.54) is 11.8 Å². The summed E-state index contributed by atoms with van der Waals surface area (Å²) < 4.78 is 0. The average Bonchev–Trinajstić information content (AvgIpc) is 2.49. The van der Waals surface area contributed by atoms with Crippen LogP contribution < -0.4 is 11.1 Å². The Hall–Kier alpha value is -1.98. The number of carbonyl (C=O) groups is 2. The van der Waals surface area contributed by atoms with Gasteiger partial charge in [-0.05, 0) is 30.3 Å². The number of rotatable bonds is 4. The Kier molecular flexibility index (Phi) is 5.25. The van der Waals surface area contributed by atoms with Gasteiger partial charge in [-0.1, -0.05) is 29.8 Å². The molecule has 0 saturated heterocycles. The average molecular weight is 321 g/mol. The number of imide groups is 1. The van der Waals surface area contributed by atoms with E-state index in [1.54, 1.807) is 48.5 Å². The van der Waals surface area contributed by atoms with Gasteiger partial charge in [0, 0.05) is 21.2 Å². The van der Waals surface area contributed by atoms with Crippen molar-refractivity contribution >= 4 is 40.9 Å². The second-order valence-electron chi connectivity index (χ2n) is 4.21. The molecule has 0 unspecified atom stereocenters. The quantitative estimate of drug-likeness (QED) is 0.671. The summed E-state index contributed by atoms with van der Waals surface area (Å²) in [7, 11) is 0. The Morgan fingerprint density at radius 3 is 2.57 bits per heavy atom. The molecule has 0 atom stereocenters. The van der Waals surface area contributed by atoms with Gasteiger partial charge in [-0.25, -0.2) is 0 Å². The molecule has 2 aromatic carbocycles. The smallest absolute Gasteiger partial charge is 0.257 e. The molecule has 0 aliphatic carbocycles. The van der Waals surface area contributed by atoms with Crippen LogP contribution in [0.3, 0.4) is 0 Å². The molecule has 2 amide bonds. The van der Waals surface area contributed by atoms with Crippen LogP contribution in [0.2, 0.25) is 5.02 Å². The molecule has 0 spiro atoms. The zero-order valence-electron chi connectivity index (χ0n) is 11.0. The van der Waals surface area contributed by atoms with Crippen LogP contribution in [0, 0.1) is 0 Å². The topological polar surface area (TPSA) is 72.2 Å². The fraction of sp³-hybridized carbons (Fsp3) is 0.0667. The SMILES string of the molecule is Nc1ccc(Cl)cc1SCC(=O)NC(=O)c1ccccc1. The molecule has 4 nitrogen and oxygen atoms in total. The monoisotopic (exact) mass is 320 g/mol. The first-order valence-corrected chi connectivity index (χ1v) is 7.49. The van der Waals surface area contributed by atoms with Crippen molar-refractivity contribution in [3.05, 3.63) is 59.1 Å². The molecular weight excluding hydrogens is 308 g/mol. The van der Waals surface area contributed by atoms with Gasteiger partial charge in [0.15, 0.2) is 0 Å². The van der Waals surface area contributed by atoms with E-state index in [2.05, 4.69) is 5.32 Å². The number of nitrogens with two attached hydrogens (primary N) is 1. The third-order valence-corrected chi connectivity index (χ3v) is 3.93. The van der Waals surface area contributed by atoms with E-state index in [0.717, 1.165) is 0 Å². The van der Waals surface area contributed by atoms with Gasteiger partial charge in [0.1, 0.15) is 0 Å². The maximum absolute atomic E-state index is 11.8. The lowest BCUT2D eigenvalue weighted by atomic mass is 10.2. The molecule has 0 bridgehead atoms. The number of thioether (sulfide) groups is 1. The summed E-state index contributed by atoms with van der Waals surface area (Å²) >= 11 is 7.11. The van der Waals surface area contributed by atoms with E-state index in [-0.39, 0.29) is 11.7 Å². The van der Waals surface area contributed by atoms with Crippen molar-refractivity contribution in [2.24, 2.45) is 0 Å². The highest BCUT2D eigenvalue weighted by Gasteiger charge is 2.11. The molecule has 2 rings (SSSR count). The van der Waals surface area contributed by atoms with Crippen molar-refractivity contribution in [1.82, 2.24) is 5.32 Å².